The fourth-order valence-corrected chi connectivity index (χ4v) is 3.20. The van der Waals surface area contributed by atoms with Crippen LogP contribution in [-0.4, -0.2) is 45.1 Å². The molecule has 0 aromatic rings. The highest BCUT2D eigenvalue weighted by molar-refractivity contribution is 7.89. The van der Waals surface area contributed by atoms with Crippen LogP contribution in [0.5, 0.6) is 0 Å². The van der Waals surface area contributed by atoms with Gasteiger partial charge < -0.3 is 4.74 Å². The first-order valence-corrected chi connectivity index (χ1v) is 7.12. The summed E-state index contributed by atoms with van der Waals surface area (Å²) >= 11 is 0. The first-order chi connectivity index (χ1) is 7.49. The molecule has 0 amide bonds. The molecule has 5 nitrogen and oxygen atoms in total. The van der Waals surface area contributed by atoms with Gasteiger partial charge in [-0.25, -0.2) is 12.7 Å². The molecule has 17 heavy (non-hydrogen) atoms. The van der Waals surface area contributed by atoms with Gasteiger partial charge in [0.15, 0.2) is 0 Å². The second-order valence-electron chi connectivity index (χ2n) is 5.52. The van der Waals surface area contributed by atoms with Crippen LogP contribution in [-0.2, 0) is 19.6 Å². The Bertz CT molecular complexity index is 356. The smallest absolute Gasteiger partial charge is 0.309 e. The second-order valence-corrected chi connectivity index (χ2v) is 7.60. The van der Waals surface area contributed by atoms with Crippen molar-refractivity contribution >= 4 is 16.0 Å². The molecule has 0 spiro atoms. The molecule has 1 atom stereocenters. The van der Waals surface area contributed by atoms with Crippen molar-refractivity contribution in [3.63, 3.8) is 0 Å². The summed E-state index contributed by atoms with van der Waals surface area (Å²) in [6, 6.07) is 0. The molecule has 0 aliphatic rings. The van der Waals surface area contributed by atoms with Gasteiger partial charge in [-0.3, -0.25) is 4.79 Å². The van der Waals surface area contributed by atoms with Crippen molar-refractivity contribution in [2.75, 3.05) is 26.5 Å². The molecule has 0 saturated carbocycles. The molecule has 0 aliphatic carbocycles. The largest absolute Gasteiger partial charge is 0.469 e. The normalized spacial score (nSPS) is 14.8. The molecule has 0 N–H and O–H groups in total. The highest BCUT2D eigenvalue weighted by atomic mass is 32.2. The third-order valence-corrected chi connectivity index (χ3v) is 4.55. The second kappa shape index (κ2) is 5.82. The Kier molecular flexibility index (Phi) is 5.61. The molecule has 0 saturated heterocycles. The summed E-state index contributed by atoms with van der Waals surface area (Å²) in [6.45, 7) is 7.38. The topological polar surface area (TPSA) is 63.7 Å². The molecule has 0 bridgehead atoms. The summed E-state index contributed by atoms with van der Waals surface area (Å²) in [5.74, 6) is -0.799. The molecule has 0 radical (unpaired) electrons. The van der Waals surface area contributed by atoms with Gasteiger partial charge in [0.1, 0.15) is 0 Å². The lowest BCUT2D eigenvalue weighted by atomic mass is 10.0. The van der Waals surface area contributed by atoms with E-state index in [9.17, 15) is 13.2 Å². The number of ether oxygens (including phenoxy) is 1. The molecule has 0 heterocycles. The predicted molar refractivity (Wildman–Crippen MR) is 67.1 cm³/mol. The number of hydrogen-bond acceptors (Lipinski definition) is 4. The van der Waals surface area contributed by atoms with Crippen LogP contribution in [0, 0.1) is 11.3 Å². The van der Waals surface area contributed by atoms with E-state index in [4.69, 9.17) is 0 Å². The molecule has 0 aliphatic heterocycles. The van der Waals surface area contributed by atoms with Crippen LogP contribution in [0.3, 0.4) is 0 Å². The van der Waals surface area contributed by atoms with Gasteiger partial charge in [-0.05, 0) is 5.41 Å². The van der Waals surface area contributed by atoms with E-state index in [2.05, 4.69) is 4.74 Å². The van der Waals surface area contributed by atoms with Crippen LogP contribution in [0.25, 0.3) is 0 Å². The van der Waals surface area contributed by atoms with Crippen LogP contribution >= 0.6 is 0 Å². The van der Waals surface area contributed by atoms with E-state index in [1.807, 2.05) is 20.8 Å². The third-order valence-electron chi connectivity index (χ3n) is 2.22. The number of rotatable bonds is 5. The lowest BCUT2D eigenvalue weighted by molar-refractivity contribution is -0.144. The quantitative estimate of drug-likeness (QED) is 0.698. The highest BCUT2D eigenvalue weighted by Gasteiger charge is 2.28. The van der Waals surface area contributed by atoms with Crippen LogP contribution in [0.15, 0.2) is 0 Å². The van der Waals surface area contributed by atoms with E-state index in [1.165, 1.54) is 18.5 Å². The van der Waals surface area contributed by atoms with Crippen LogP contribution in [0.1, 0.15) is 27.7 Å². The van der Waals surface area contributed by atoms with Gasteiger partial charge in [-0.2, -0.15) is 0 Å². The fraction of sp³-hybridized carbons (Fsp3) is 0.909. The van der Waals surface area contributed by atoms with Crippen molar-refractivity contribution in [1.29, 1.82) is 0 Å². The lowest BCUT2D eigenvalue weighted by Gasteiger charge is -2.25. The van der Waals surface area contributed by atoms with Crippen molar-refractivity contribution in [3.8, 4) is 0 Å². The number of carbonyl (C=O) groups is 1. The molecule has 0 rings (SSSR count). The Hall–Kier alpha value is -0.620. The van der Waals surface area contributed by atoms with Gasteiger partial charge in [0, 0.05) is 13.6 Å². The van der Waals surface area contributed by atoms with Crippen molar-refractivity contribution in [1.82, 2.24) is 4.31 Å². The monoisotopic (exact) mass is 265 g/mol. The SMILES string of the molecule is COC(=O)C(C)CN(C)S(=O)(=O)CC(C)(C)C. The van der Waals surface area contributed by atoms with E-state index >= 15 is 0 Å². The van der Waals surface area contributed by atoms with E-state index in [-0.39, 0.29) is 17.7 Å². The van der Waals surface area contributed by atoms with E-state index < -0.39 is 21.9 Å². The van der Waals surface area contributed by atoms with Gasteiger partial charge >= 0.3 is 5.97 Å². The first-order valence-electron chi connectivity index (χ1n) is 5.51. The van der Waals surface area contributed by atoms with Gasteiger partial charge in [-0.15, -0.1) is 0 Å². The van der Waals surface area contributed by atoms with Gasteiger partial charge in [0.25, 0.3) is 0 Å². The summed E-state index contributed by atoms with van der Waals surface area (Å²) < 4.78 is 29.7. The maximum absolute atomic E-state index is 12.0. The molecule has 0 aromatic carbocycles. The Morgan fingerprint density at radius 2 is 1.82 bits per heavy atom. The van der Waals surface area contributed by atoms with E-state index in [1.54, 1.807) is 6.92 Å². The minimum Gasteiger partial charge on any atom is -0.469 e. The molecular weight excluding hydrogens is 242 g/mol. The molecule has 6 heteroatoms. The van der Waals surface area contributed by atoms with Crippen molar-refractivity contribution < 1.29 is 17.9 Å². The van der Waals surface area contributed by atoms with Crippen molar-refractivity contribution in [2.24, 2.45) is 11.3 Å². The number of methoxy groups -OCH3 is 1. The van der Waals surface area contributed by atoms with Crippen LogP contribution in [0.2, 0.25) is 0 Å². The van der Waals surface area contributed by atoms with E-state index in [0.717, 1.165) is 0 Å². The molecule has 102 valence electrons. The van der Waals surface area contributed by atoms with Gasteiger partial charge in [0.2, 0.25) is 10.0 Å². The predicted octanol–water partition coefficient (Wildman–Crippen LogP) is 1.10. The molecular formula is C11H23NO4S. The zero-order chi connectivity index (χ0) is 13.9. The van der Waals surface area contributed by atoms with Crippen molar-refractivity contribution in [3.05, 3.63) is 0 Å². The van der Waals surface area contributed by atoms with Crippen LogP contribution in [0.4, 0.5) is 0 Å². The zero-order valence-electron chi connectivity index (χ0n) is 11.5. The zero-order valence-corrected chi connectivity index (χ0v) is 12.3. The molecule has 0 aromatic heterocycles. The lowest BCUT2D eigenvalue weighted by Crippen LogP contribution is -2.38. The number of sulfonamides is 1. The summed E-state index contributed by atoms with van der Waals surface area (Å²) in [6.07, 6.45) is 0. The van der Waals surface area contributed by atoms with Gasteiger partial charge in [0.05, 0.1) is 18.8 Å². The standard InChI is InChI=1S/C11H23NO4S/c1-9(10(13)16-6)7-12(5)17(14,15)8-11(2,3)4/h9H,7-8H2,1-6H3. The Morgan fingerprint density at radius 3 is 2.18 bits per heavy atom. The van der Waals surface area contributed by atoms with Gasteiger partial charge in [-0.1, -0.05) is 27.7 Å². The summed E-state index contributed by atoms with van der Waals surface area (Å²) in [5.41, 5.74) is -0.304. The van der Waals surface area contributed by atoms with Crippen LogP contribution < -0.4 is 0 Å². The average molecular weight is 265 g/mol. The molecule has 0 fully saturated rings. The minimum atomic E-state index is -3.33. The number of carbonyl (C=O) groups excluding carboxylic acids is 1. The summed E-state index contributed by atoms with van der Waals surface area (Å²) in [7, 11) is -0.548. The Balaban J connectivity index is 4.61. The number of hydrogen-bond donors (Lipinski definition) is 0. The van der Waals surface area contributed by atoms with Crippen molar-refractivity contribution in [2.45, 2.75) is 27.7 Å². The average Bonchev–Trinajstić information content (AvgIpc) is 2.12. The third kappa shape index (κ3) is 6.02. The first kappa shape index (κ1) is 16.4. The minimum absolute atomic E-state index is 0.0599. The highest BCUT2D eigenvalue weighted by Crippen LogP contribution is 2.18. The summed E-state index contributed by atoms with van der Waals surface area (Å²) in [5, 5.41) is 0. The summed E-state index contributed by atoms with van der Waals surface area (Å²) in [4.78, 5) is 11.2. The number of nitrogens with zero attached hydrogens (tertiary/aromatic N) is 1. The Morgan fingerprint density at radius 1 is 1.35 bits per heavy atom. The Labute approximate surface area is 104 Å². The maximum Gasteiger partial charge on any atom is 0.309 e. The molecule has 1 unspecified atom stereocenters. The number of esters is 1. The van der Waals surface area contributed by atoms with E-state index in [0.29, 0.717) is 0 Å². The maximum atomic E-state index is 12.0. The fourth-order valence-electron chi connectivity index (χ4n) is 1.43.